The van der Waals surface area contributed by atoms with Crippen molar-refractivity contribution in [3.05, 3.63) is 0 Å². The van der Waals surface area contributed by atoms with E-state index in [0.29, 0.717) is 11.2 Å². The molecule has 4 nitrogen and oxygen atoms in total. The molecule has 90 valence electrons. The molecule has 0 radical (unpaired) electrons. The SMILES string of the molecule is CCC1CCCC(Sc2nnc(N)n2C)C1. The van der Waals surface area contributed by atoms with E-state index in [2.05, 4.69) is 17.1 Å². The van der Waals surface area contributed by atoms with Crippen LogP contribution in [0, 0.1) is 5.92 Å². The van der Waals surface area contributed by atoms with Crippen LogP contribution in [-0.2, 0) is 7.05 Å². The number of nitrogens with zero attached hydrogens (tertiary/aromatic N) is 3. The Bertz CT molecular complexity index is 350. The van der Waals surface area contributed by atoms with Crippen LogP contribution in [0.3, 0.4) is 0 Å². The summed E-state index contributed by atoms with van der Waals surface area (Å²) in [4.78, 5) is 0. The zero-order valence-corrected chi connectivity index (χ0v) is 10.8. The Morgan fingerprint density at radius 3 is 2.88 bits per heavy atom. The van der Waals surface area contributed by atoms with Gasteiger partial charge in [0.15, 0.2) is 5.16 Å². The molecule has 0 spiro atoms. The van der Waals surface area contributed by atoms with Crippen molar-refractivity contribution in [2.45, 2.75) is 49.4 Å². The van der Waals surface area contributed by atoms with Crippen molar-refractivity contribution in [1.82, 2.24) is 14.8 Å². The van der Waals surface area contributed by atoms with Crippen LogP contribution in [-0.4, -0.2) is 20.0 Å². The number of thioether (sulfide) groups is 1. The summed E-state index contributed by atoms with van der Waals surface area (Å²) >= 11 is 1.84. The standard InChI is InChI=1S/C11H20N4S/c1-3-8-5-4-6-9(7-8)16-11-14-13-10(12)15(11)2/h8-9H,3-7H2,1-2H3,(H2,12,13). The third kappa shape index (κ3) is 2.51. The molecule has 2 rings (SSSR count). The predicted molar refractivity (Wildman–Crippen MR) is 67.3 cm³/mol. The minimum Gasteiger partial charge on any atom is -0.368 e. The van der Waals surface area contributed by atoms with Gasteiger partial charge < -0.3 is 5.73 Å². The molecule has 2 N–H and O–H groups in total. The molecule has 1 saturated carbocycles. The molecule has 1 fully saturated rings. The average Bonchev–Trinajstić information content (AvgIpc) is 2.61. The second-order valence-corrected chi connectivity index (χ2v) is 5.85. The van der Waals surface area contributed by atoms with E-state index in [4.69, 9.17) is 5.73 Å². The van der Waals surface area contributed by atoms with Crippen molar-refractivity contribution >= 4 is 17.7 Å². The maximum Gasteiger partial charge on any atom is 0.222 e. The molecule has 0 bridgehead atoms. The zero-order valence-electron chi connectivity index (χ0n) is 10.0. The quantitative estimate of drug-likeness (QED) is 0.881. The molecule has 0 aromatic carbocycles. The fourth-order valence-corrected chi connectivity index (χ4v) is 3.59. The summed E-state index contributed by atoms with van der Waals surface area (Å²) in [6.45, 7) is 2.29. The first-order chi connectivity index (χ1) is 7.70. The van der Waals surface area contributed by atoms with Crippen LogP contribution in [0.1, 0.15) is 39.0 Å². The van der Waals surface area contributed by atoms with Crippen LogP contribution in [0.4, 0.5) is 5.95 Å². The van der Waals surface area contributed by atoms with Gasteiger partial charge in [-0.2, -0.15) is 0 Å². The number of rotatable bonds is 3. The lowest BCUT2D eigenvalue weighted by Crippen LogP contribution is -2.17. The van der Waals surface area contributed by atoms with Crippen LogP contribution in [0.25, 0.3) is 0 Å². The highest BCUT2D eigenvalue weighted by Gasteiger charge is 2.23. The molecule has 0 amide bonds. The number of nitrogen functional groups attached to an aromatic ring is 1. The lowest BCUT2D eigenvalue weighted by molar-refractivity contribution is 0.357. The first kappa shape index (κ1) is 11.8. The van der Waals surface area contributed by atoms with Gasteiger partial charge >= 0.3 is 0 Å². The van der Waals surface area contributed by atoms with E-state index in [-0.39, 0.29) is 0 Å². The van der Waals surface area contributed by atoms with Crippen molar-refractivity contribution < 1.29 is 0 Å². The van der Waals surface area contributed by atoms with E-state index in [1.54, 1.807) is 0 Å². The van der Waals surface area contributed by atoms with Crippen LogP contribution >= 0.6 is 11.8 Å². The molecule has 1 aromatic rings. The van der Waals surface area contributed by atoms with Crippen LogP contribution in [0.15, 0.2) is 5.16 Å². The Hall–Kier alpha value is -0.710. The monoisotopic (exact) mass is 240 g/mol. The summed E-state index contributed by atoms with van der Waals surface area (Å²) in [7, 11) is 1.93. The van der Waals surface area contributed by atoms with Crippen LogP contribution < -0.4 is 5.73 Å². The van der Waals surface area contributed by atoms with Gasteiger partial charge in [-0.3, -0.25) is 4.57 Å². The molecule has 1 heterocycles. The first-order valence-electron chi connectivity index (χ1n) is 6.02. The van der Waals surface area contributed by atoms with Gasteiger partial charge in [-0.25, -0.2) is 0 Å². The number of anilines is 1. The van der Waals surface area contributed by atoms with Crippen molar-refractivity contribution in [2.75, 3.05) is 5.73 Å². The van der Waals surface area contributed by atoms with Gasteiger partial charge in [0.05, 0.1) is 0 Å². The van der Waals surface area contributed by atoms with E-state index in [1.807, 2.05) is 23.4 Å². The average molecular weight is 240 g/mol. The van der Waals surface area contributed by atoms with E-state index in [9.17, 15) is 0 Å². The van der Waals surface area contributed by atoms with Crippen molar-refractivity contribution in [1.29, 1.82) is 0 Å². The van der Waals surface area contributed by atoms with Crippen molar-refractivity contribution in [2.24, 2.45) is 13.0 Å². The molecular weight excluding hydrogens is 220 g/mol. The van der Waals surface area contributed by atoms with Crippen LogP contribution in [0.2, 0.25) is 0 Å². The van der Waals surface area contributed by atoms with Gasteiger partial charge in [0.2, 0.25) is 5.95 Å². The van der Waals surface area contributed by atoms with Gasteiger partial charge in [0, 0.05) is 12.3 Å². The summed E-state index contributed by atoms with van der Waals surface area (Å²) in [5.41, 5.74) is 5.68. The first-order valence-corrected chi connectivity index (χ1v) is 6.90. The topological polar surface area (TPSA) is 56.7 Å². The lowest BCUT2D eigenvalue weighted by Gasteiger charge is -2.27. The summed E-state index contributed by atoms with van der Waals surface area (Å²) in [6, 6.07) is 0. The third-order valence-electron chi connectivity index (χ3n) is 3.45. The Labute approximate surface area is 101 Å². The smallest absolute Gasteiger partial charge is 0.222 e. The molecular formula is C11H20N4S. The Balaban J connectivity index is 1.96. The highest BCUT2D eigenvalue weighted by Crippen LogP contribution is 2.36. The van der Waals surface area contributed by atoms with E-state index < -0.39 is 0 Å². The summed E-state index contributed by atoms with van der Waals surface area (Å²) < 4.78 is 1.88. The minimum absolute atomic E-state index is 0.505. The number of hydrogen-bond donors (Lipinski definition) is 1. The summed E-state index contributed by atoms with van der Waals surface area (Å²) in [5.74, 6) is 1.40. The number of aromatic nitrogens is 3. The molecule has 1 aromatic heterocycles. The lowest BCUT2D eigenvalue weighted by atomic mass is 9.87. The Kier molecular flexibility index (Phi) is 3.74. The number of hydrogen-bond acceptors (Lipinski definition) is 4. The molecule has 1 aliphatic carbocycles. The largest absolute Gasteiger partial charge is 0.368 e. The van der Waals surface area contributed by atoms with Gasteiger partial charge in [0.25, 0.3) is 0 Å². The molecule has 2 atom stereocenters. The zero-order chi connectivity index (χ0) is 11.5. The maximum absolute atomic E-state index is 5.68. The van der Waals surface area contributed by atoms with Gasteiger partial charge in [-0.1, -0.05) is 37.9 Å². The maximum atomic E-state index is 5.68. The van der Waals surface area contributed by atoms with E-state index >= 15 is 0 Å². The van der Waals surface area contributed by atoms with Crippen molar-refractivity contribution in [3.63, 3.8) is 0 Å². The normalized spacial score (nSPS) is 25.9. The molecule has 0 aliphatic heterocycles. The van der Waals surface area contributed by atoms with Crippen LogP contribution in [0.5, 0.6) is 0 Å². The fraction of sp³-hybridized carbons (Fsp3) is 0.818. The highest BCUT2D eigenvalue weighted by atomic mass is 32.2. The molecule has 2 unspecified atom stereocenters. The second kappa shape index (κ2) is 5.08. The highest BCUT2D eigenvalue weighted by molar-refractivity contribution is 7.99. The third-order valence-corrected chi connectivity index (χ3v) is 4.78. The predicted octanol–water partition coefficient (Wildman–Crippen LogP) is 2.46. The Morgan fingerprint density at radius 2 is 2.25 bits per heavy atom. The molecule has 1 aliphatic rings. The number of nitrogens with two attached hydrogens (primary N) is 1. The Morgan fingerprint density at radius 1 is 1.44 bits per heavy atom. The minimum atomic E-state index is 0.505. The van der Waals surface area contributed by atoms with Gasteiger partial charge in [-0.05, 0) is 18.8 Å². The van der Waals surface area contributed by atoms with E-state index in [0.717, 1.165) is 11.1 Å². The second-order valence-electron chi connectivity index (χ2n) is 4.58. The van der Waals surface area contributed by atoms with Crippen molar-refractivity contribution in [3.8, 4) is 0 Å². The van der Waals surface area contributed by atoms with Gasteiger partial charge in [0.1, 0.15) is 0 Å². The fourth-order valence-electron chi connectivity index (χ4n) is 2.30. The summed E-state index contributed by atoms with van der Waals surface area (Å²) in [5, 5.41) is 9.65. The van der Waals surface area contributed by atoms with Gasteiger partial charge in [-0.15, -0.1) is 10.2 Å². The molecule has 0 saturated heterocycles. The molecule has 16 heavy (non-hydrogen) atoms. The summed E-state index contributed by atoms with van der Waals surface area (Å²) in [6.07, 6.45) is 6.66. The molecule has 5 heteroatoms. The van der Waals surface area contributed by atoms with E-state index in [1.165, 1.54) is 32.1 Å².